The highest BCUT2D eigenvalue weighted by Crippen LogP contribution is 2.23. The Balaban J connectivity index is 1.47. The molecule has 1 aliphatic heterocycles. The van der Waals surface area contributed by atoms with Crippen molar-refractivity contribution in [3.63, 3.8) is 0 Å². The van der Waals surface area contributed by atoms with Crippen LogP contribution in [0.15, 0.2) is 42.5 Å². The molecule has 0 saturated heterocycles. The molecule has 0 aromatic heterocycles. The minimum Gasteiger partial charge on any atom is -0.323 e. The maximum atomic E-state index is 13.6. The van der Waals surface area contributed by atoms with E-state index in [0.717, 1.165) is 6.07 Å². The Kier molecular flexibility index (Phi) is 5.58. The summed E-state index contributed by atoms with van der Waals surface area (Å²) in [4.78, 5) is 37.5. The second-order valence-corrected chi connectivity index (χ2v) is 7.07. The van der Waals surface area contributed by atoms with E-state index >= 15 is 0 Å². The van der Waals surface area contributed by atoms with Gasteiger partial charge in [-0.05, 0) is 30.3 Å². The van der Waals surface area contributed by atoms with Crippen LogP contribution in [0.5, 0.6) is 0 Å². The predicted molar refractivity (Wildman–Crippen MR) is 99.2 cm³/mol. The van der Waals surface area contributed by atoms with Crippen LogP contribution in [-0.2, 0) is 4.79 Å². The maximum absolute atomic E-state index is 13.6. The summed E-state index contributed by atoms with van der Waals surface area (Å²) >= 11 is 6.91. The van der Waals surface area contributed by atoms with Gasteiger partial charge in [-0.1, -0.05) is 23.7 Å². The van der Waals surface area contributed by atoms with Crippen molar-refractivity contribution in [1.82, 2.24) is 4.90 Å². The summed E-state index contributed by atoms with van der Waals surface area (Å²) < 4.78 is 13.6. The van der Waals surface area contributed by atoms with Crippen LogP contribution >= 0.6 is 23.4 Å². The van der Waals surface area contributed by atoms with Gasteiger partial charge in [0.15, 0.2) is 0 Å². The van der Waals surface area contributed by atoms with Gasteiger partial charge in [0.1, 0.15) is 5.82 Å². The fraction of sp³-hybridized carbons (Fsp3) is 0.167. The van der Waals surface area contributed by atoms with Crippen molar-refractivity contribution < 1.29 is 18.8 Å². The molecular weight excluding hydrogens is 379 g/mol. The molecule has 0 saturated carbocycles. The highest BCUT2D eigenvalue weighted by molar-refractivity contribution is 7.99. The summed E-state index contributed by atoms with van der Waals surface area (Å²) in [5, 5.41) is 2.70. The standard InChI is InChI=1S/C18H14ClFN2O3S/c19-11-5-6-15(14(20)9-11)21-16(23)10-26-8-7-22-17(24)12-3-1-2-4-13(12)18(22)25/h1-6,9H,7-8,10H2,(H,21,23). The average molecular weight is 393 g/mol. The van der Waals surface area contributed by atoms with Crippen molar-refractivity contribution in [3.05, 3.63) is 64.4 Å². The van der Waals surface area contributed by atoms with Crippen molar-refractivity contribution in [2.45, 2.75) is 0 Å². The van der Waals surface area contributed by atoms with Gasteiger partial charge in [-0.2, -0.15) is 11.8 Å². The van der Waals surface area contributed by atoms with Crippen molar-refractivity contribution in [1.29, 1.82) is 0 Å². The van der Waals surface area contributed by atoms with E-state index in [4.69, 9.17) is 11.6 Å². The number of carbonyl (C=O) groups is 3. The van der Waals surface area contributed by atoms with Gasteiger partial charge in [-0.3, -0.25) is 19.3 Å². The summed E-state index contributed by atoms with van der Waals surface area (Å²) in [6, 6.07) is 10.7. The van der Waals surface area contributed by atoms with E-state index in [2.05, 4.69) is 5.32 Å². The Morgan fingerprint density at radius 1 is 1.12 bits per heavy atom. The van der Waals surface area contributed by atoms with Gasteiger partial charge in [0.25, 0.3) is 11.8 Å². The minimum atomic E-state index is -0.609. The molecule has 0 atom stereocenters. The Morgan fingerprint density at radius 2 is 1.77 bits per heavy atom. The molecule has 2 aromatic rings. The molecule has 0 unspecified atom stereocenters. The van der Waals surface area contributed by atoms with E-state index in [1.165, 1.54) is 28.8 Å². The fourth-order valence-corrected chi connectivity index (χ4v) is 3.41. The van der Waals surface area contributed by atoms with Crippen LogP contribution in [0, 0.1) is 5.82 Å². The summed E-state index contributed by atoms with van der Waals surface area (Å²) in [5.41, 5.74) is 0.859. The summed E-state index contributed by atoms with van der Waals surface area (Å²) in [5.74, 6) is -1.15. The first kappa shape index (κ1) is 18.4. The van der Waals surface area contributed by atoms with Gasteiger partial charge < -0.3 is 5.32 Å². The zero-order valence-electron chi connectivity index (χ0n) is 13.5. The molecule has 0 spiro atoms. The second kappa shape index (κ2) is 7.88. The van der Waals surface area contributed by atoms with Gasteiger partial charge in [0, 0.05) is 17.3 Å². The molecule has 0 bridgehead atoms. The second-order valence-electron chi connectivity index (χ2n) is 5.53. The number of nitrogens with zero attached hydrogens (tertiary/aromatic N) is 1. The maximum Gasteiger partial charge on any atom is 0.261 e. The van der Waals surface area contributed by atoms with Gasteiger partial charge >= 0.3 is 0 Å². The van der Waals surface area contributed by atoms with Crippen LogP contribution in [0.2, 0.25) is 5.02 Å². The molecule has 1 aliphatic rings. The summed E-state index contributed by atoms with van der Waals surface area (Å²) in [7, 11) is 0. The number of imide groups is 1. The number of benzene rings is 2. The molecule has 2 aromatic carbocycles. The molecular formula is C18H14ClFN2O3S. The first-order valence-corrected chi connectivity index (χ1v) is 9.28. The van der Waals surface area contributed by atoms with Crippen LogP contribution in [0.1, 0.15) is 20.7 Å². The zero-order chi connectivity index (χ0) is 18.7. The smallest absolute Gasteiger partial charge is 0.261 e. The molecule has 1 heterocycles. The monoisotopic (exact) mass is 392 g/mol. The van der Waals surface area contributed by atoms with Crippen LogP contribution < -0.4 is 5.32 Å². The number of rotatable bonds is 6. The number of amides is 3. The van der Waals surface area contributed by atoms with Crippen LogP contribution in [0.4, 0.5) is 10.1 Å². The van der Waals surface area contributed by atoms with Crippen molar-refractivity contribution >= 4 is 46.8 Å². The average Bonchev–Trinajstić information content (AvgIpc) is 2.86. The van der Waals surface area contributed by atoms with Crippen LogP contribution in [0.3, 0.4) is 0 Å². The number of fused-ring (bicyclic) bond motifs is 1. The fourth-order valence-electron chi connectivity index (χ4n) is 2.54. The quantitative estimate of drug-likeness (QED) is 0.604. The topological polar surface area (TPSA) is 66.5 Å². The molecule has 5 nitrogen and oxygen atoms in total. The first-order chi connectivity index (χ1) is 12.5. The summed E-state index contributed by atoms with van der Waals surface area (Å²) in [6.45, 7) is 0.208. The van der Waals surface area contributed by atoms with E-state index in [1.54, 1.807) is 24.3 Å². The number of hydrogen-bond donors (Lipinski definition) is 1. The molecule has 1 N–H and O–H groups in total. The number of anilines is 1. The third-order valence-electron chi connectivity index (χ3n) is 3.78. The van der Waals surface area contributed by atoms with Crippen LogP contribution in [0.25, 0.3) is 0 Å². The van der Waals surface area contributed by atoms with E-state index in [9.17, 15) is 18.8 Å². The number of halogens is 2. The first-order valence-electron chi connectivity index (χ1n) is 7.75. The zero-order valence-corrected chi connectivity index (χ0v) is 15.1. The van der Waals surface area contributed by atoms with E-state index in [-0.39, 0.29) is 40.7 Å². The van der Waals surface area contributed by atoms with Gasteiger partial charge in [0.05, 0.1) is 22.6 Å². The minimum absolute atomic E-state index is 0.0559. The molecule has 0 radical (unpaired) electrons. The number of carbonyl (C=O) groups excluding carboxylic acids is 3. The van der Waals surface area contributed by atoms with Gasteiger partial charge in [-0.15, -0.1) is 0 Å². The Labute approximate surface area is 158 Å². The van der Waals surface area contributed by atoms with E-state index in [0.29, 0.717) is 16.9 Å². The Hall–Kier alpha value is -2.38. The molecule has 8 heteroatoms. The third-order valence-corrected chi connectivity index (χ3v) is 4.95. The highest BCUT2D eigenvalue weighted by Gasteiger charge is 2.34. The third kappa shape index (κ3) is 3.89. The van der Waals surface area contributed by atoms with Gasteiger partial charge in [0.2, 0.25) is 5.91 Å². The lowest BCUT2D eigenvalue weighted by Gasteiger charge is -2.13. The number of nitrogens with one attached hydrogen (secondary N) is 1. The molecule has 26 heavy (non-hydrogen) atoms. The normalized spacial score (nSPS) is 13.1. The number of thioether (sulfide) groups is 1. The molecule has 0 aliphatic carbocycles. The Morgan fingerprint density at radius 3 is 2.38 bits per heavy atom. The van der Waals surface area contributed by atoms with E-state index < -0.39 is 5.82 Å². The lowest BCUT2D eigenvalue weighted by molar-refractivity contribution is -0.113. The molecule has 3 amide bonds. The highest BCUT2D eigenvalue weighted by atomic mass is 35.5. The molecule has 0 fully saturated rings. The van der Waals surface area contributed by atoms with Crippen LogP contribution in [-0.4, -0.2) is 40.7 Å². The lowest BCUT2D eigenvalue weighted by Crippen LogP contribution is -2.32. The largest absolute Gasteiger partial charge is 0.323 e. The summed E-state index contributed by atoms with van der Waals surface area (Å²) in [6.07, 6.45) is 0. The van der Waals surface area contributed by atoms with Crippen molar-refractivity contribution in [2.75, 3.05) is 23.4 Å². The molecule has 3 rings (SSSR count). The van der Waals surface area contributed by atoms with Crippen molar-refractivity contribution in [3.8, 4) is 0 Å². The lowest BCUT2D eigenvalue weighted by atomic mass is 10.1. The van der Waals surface area contributed by atoms with Gasteiger partial charge in [-0.25, -0.2) is 4.39 Å². The number of hydrogen-bond acceptors (Lipinski definition) is 4. The SMILES string of the molecule is O=C(CSCCN1C(=O)c2ccccc2C1=O)Nc1ccc(Cl)cc1F. The predicted octanol–water partition coefficient (Wildman–Crippen LogP) is 3.45. The molecule has 134 valence electrons. The van der Waals surface area contributed by atoms with E-state index in [1.807, 2.05) is 0 Å². The Bertz CT molecular complexity index is 855. The van der Waals surface area contributed by atoms with Crippen molar-refractivity contribution in [2.24, 2.45) is 0 Å².